The summed E-state index contributed by atoms with van der Waals surface area (Å²) in [5.41, 5.74) is 5.12. The van der Waals surface area contributed by atoms with E-state index in [1.54, 1.807) is 12.3 Å². The third-order valence-electron chi connectivity index (χ3n) is 6.68. The van der Waals surface area contributed by atoms with Gasteiger partial charge in [-0.25, -0.2) is 4.98 Å². The normalized spacial score (nSPS) is 12.0. The summed E-state index contributed by atoms with van der Waals surface area (Å²) in [4.78, 5) is 18.3. The Bertz CT molecular complexity index is 1780. The first-order valence-corrected chi connectivity index (χ1v) is 14.1. The van der Waals surface area contributed by atoms with Crippen LogP contribution in [0.5, 0.6) is 5.75 Å². The maximum Gasteiger partial charge on any atom is 0.282 e. The predicted octanol–water partition coefficient (Wildman–Crippen LogP) is 7.98. The molecule has 0 atom stereocenters. The van der Waals surface area contributed by atoms with Gasteiger partial charge in [-0.3, -0.25) is 4.79 Å². The Morgan fingerprint density at radius 1 is 1.00 bits per heavy atom. The third kappa shape index (κ3) is 5.76. The Balaban J connectivity index is 1.44. The van der Waals surface area contributed by atoms with Gasteiger partial charge in [0.2, 0.25) is 0 Å². The number of nitrogens with zero attached hydrogens (tertiary/aromatic N) is 4. The van der Waals surface area contributed by atoms with Crippen molar-refractivity contribution in [1.29, 1.82) is 0 Å². The molecule has 40 heavy (non-hydrogen) atoms. The van der Waals surface area contributed by atoms with E-state index in [1.807, 2.05) is 88.4 Å². The van der Waals surface area contributed by atoms with E-state index in [0.717, 1.165) is 38.4 Å². The molecule has 2 aromatic heterocycles. The average molecular weight is 618 g/mol. The van der Waals surface area contributed by atoms with E-state index in [2.05, 4.69) is 38.6 Å². The van der Waals surface area contributed by atoms with Crippen molar-refractivity contribution in [3.05, 3.63) is 121 Å². The second-order valence-electron chi connectivity index (χ2n) is 10.8. The molecule has 0 N–H and O–H groups in total. The van der Waals surface area contributed by atoms with Gasteiger partial charge in [0.15, 0.2) is 0 Å². The quantitative estimate of drug-likeness (QED) is 0.182. The zero-order chi connectivity index (χ0) is 28.6. The Hall–Kier alpha value is -3.68. The van der Waals surface area contributed by atoms with Crippen LogP contribution in [0.3, 0.4) is 0 Å². The molecule has 0 aliphatic heterocycles. The first kappa shape index (κ1) is 27.9. The van der Waals surface area contributed by atoms with Crippen LogP contribution in [-0.2, 0) is 12.0 Å². The minimum Gasteiger partial charge on any atom is -0.489 e. The monoisotopic (exact) mass is 616 g/mol. The number of aromatic nitrogens is 3. The Morgan fingerprint density at radius 3 is 2.38 bits per heavy atom. The number of benzene rings is 3. The highest BCUT2D eigenvalue weighted by Gasteiger charge is 2.23. The summed E-state index contributed by atoms with van der Waals surface area (Å²) in [5.74, 6) is 1.39. The van der Waals surface area contributed by atoms with Crippen LogP contribution < -0.4 is 10.3 Å². The van der Waals surface area contributed by atoms with Gasteiger partial charge in [0.1, 0.15) is 18.2 Å². The van der Waals surface area contributed by atoms with Gasteiger partial charge in [0.05, 0.1) is 17.1 Å². The highest BCUT2D eigenvalue weighted by molar-refractivity contribution is 9.10. The number of fused-ring (bicyclic) bond motifs is 1. The van der Waals surface area contributed by atoms with Crippen LogP contribution in [-0.4, -0.2) is 20.4 Å². The number of aryl methyl sites for hydroxylation is 1. The zero-order valence-corrected chi connectivity index (χ0v) is 25.4. The van der Waals surface area contributed by atoms with Crippen molar-refractivity contribution in [1.82, 2.24) is 14.2 Å². The smallest absolute Gasteiger partial charge is 0.282 e. The van der Waals surface area contributed by atoms with Crippen LogP contribution in [0.1, 0.15) is 49.1 Å². The molecule has 0 spiro atoms. The van der Waals surface area contributed by atoms with Crippen LogP contribution in [0.25, 0.3) is 16.6 Å². The van der Waals surface area contributed by atoms with Crippen LogP contribution in [0.2, 0.25) is 5.02 Å². The topological polar surface area (TPSA) is 61.4 Å². The number of hydrogen-bond acceptors (Lipinski definition) is 4. The molecular formula is C32H30BrClN4O2. The minimum absolute atomic E-state index is 0.199. The van der Waals surface area contributed by atoms with E-state index in [1.165, 1.54) is 4.68 Å². The summed E-state index contributed by atoms with van der Waals surface area (Å²) in [5, 5.41) is 5.89. The fourth-order valence-corrected chi connectivity index (χ4v) is 5.10. The van der Waals surface area contributed by atoms with Crippen LogP contribution in [0, 0.1) is 13.8 Å². The van der Waals surface area contributed by atoms with Crippen LogP contribution >= 0.6 is 27.5 Å². The highest BCUT2D eigenvalue weighted by atomic mass is 79.9. The second-order valence-corrected chi connectivity index (χ2v) is 12.1. The zero-order valence-electron chi connectivity index (χ0n) is 23.1. The summed E-state index contributed by atoms with van der Waals surface area (Å²) < 4.78 is 10.4. The molecule has 5 aromatic rings. The molecule has 0 aliphatic carbocycles. The van der Waals surface area contributed by atoms with Gasteiger partial charge in [0.25, 0.3) is 5.56 Å². The van der Waals surface area contributed by atoms with E-state index in [9.17, 15) is 4.79 Å². The molecule has 0 unspecified atom stereocenters. The molecule has 0 saturated carbocycles. The Labute approximate surface area is 247 Å². The van der Waals surface area contributed by atoms with E-state index >= 15 is 0 Å². The highest BCUT2D eigenvalue weighted by Crippen LogP contribution is 2.25. The maximum absolute atomic E-state index is 13.5. The third-order valence-corrected chi connectivity index (χ3v) is 7.42. The van der Waals surface area contributed by atoms with Crippen LogP contribution in [0.15, 0.2) is 87.2 Å². The summed E-state index contributed by atoms with van der Waals surface area (Å²) in [7, 11) is 0. The Morgan fingerprint density at radius 2 is 1.70 bits per heavy atom. The summed E-state index contributed by atoms with van der Waals surface area (Å²) in [6, 6.07) is 23.2. The average Bonchev–Trinajstić information content (AvgIpc) is 3.20. The molecule has 0 saturated heterocycles. The molecule has 0 amide bonds. The molecule has 6 nitrogen and oxygen atoms in total. The van der Waals surface area contributed by atoms with E-state index < -0.39 is 0 Å². The van der Waals surface area contributed by atoms with Crippen molar-refractivity contribution in [2.75, 3.05) is 0 Å². The lowest BCUT2D eigenvalue weighted by atomic mass is 9.95. The number of rotatable bonds is 6. The molecule has 8 heteroatoms. The molecule has 0 fully saturated rings. The van der Waals surface area contributed by atoms with Crippen LogP contribution in [0.4, 0.5) is 0 Å². The van der Waals surface area contributed by atoms with E-state index in [4.69, 9.17) is 21.3 Å². The maximum atomic E-state index is 13.5. The number of hydrogen-bond donors (Lipinski definition) is 0. The largest absolute Gasteiger partial charge is 0.489 e. The molecule has 0 bridgehead atoms. The summed E-state index contributed by atoms with van der Waals surface area (Å²) >= 11 is 9.43. The van der Waals surface area contributed by atoms with Gasteiger partial charge in [-0.1, -0.05) is 60.4 Å². The minimum atomic E-state index is -0.383. The molecule has 0 aliphatic rings. The molecular weight excluding hydrogens is 588 g/mol. The molecule has 0 radical (unpaired) electrons. The van der Waals surface area contributed by atoms with Gasteiger partial charge >= 0.3 is 0 Å². The van der Waals surface area contributed by atoms with Gasteiger partial charge in [-0.05, 0) is 80.1 Å². The van der Waals surface area contributed by atoms with Gasteiger partial charge in [0, 0.05) is 37.5 Å². The molecule has 5 rings (SSSR count). The van der Waals surface area contributed by atoms with E-state index in [0.29, 0.717) is 28.4 Å². The summed E-state index contributed by atoms with van der Waals surface area (Å²) in [6.07, 6.45) is 1.74. The number of ether oxygens (including phenoxy) is 1. The lowest BCUT2D eigenvalue weighted by Crippen LogP contribution is -2.29. The fraction of sp³-hybridized carbons (Fsp3) is 0.219. The molecule has 2 heterocycles. The van der Waals surface area contributed by atoms with Gasteiger partial charge in [-0.2, -0.15) is 9.78 Å². The first-order chi connectivity index (χ1) is 19.0. The lowest BCUT2D eigenvalue weighted by Gasteiger charge is -2.20. The van der Waals surface area contributed by atoms with Crippen molar-refractivity contribution in [2.45, 2.75) is 46.6 Å². The summed E-state index contributed by atoms with van der Waals surface area (Å²) in [6.45, 7) is 10.6. The standard InChI is InChI=1S/C32H30BrClN4O2/c1-20-16-23(18-35-38-30(39)28-17-24(33)8-15-29(28)36-31(38)32(3,4)5)21(2)37(20)26-11-13-27(14-12-26)40-19-22-6-9-25(34)10-7-22/h6-18H,19H2,1-5H3. The first-order valence-electron chi connectivity index (χ1n) is 12.9. The second kappa shape index (κ2) is 11.1. The van der Waals surface area contributed by atoms with Crippen molar-refractivity contribution in [3.63, 3.8) is 0 Å². The molecule has 3 aromatic carbocycles. The van der Waals surface area contributed by atoms with E-state index in [-0.39, 0.29) is 11.0 Å². The van der Waals surface area contributed by atoms with Gasteiger partial charge in [-0.15, -0.1) is 0 Å². The lowest BCUT2D eigenvalue weighted by molar-refractivity contribution is 0.306. The van der Waals surface area contributed by atoms with Gasteiger partial charge < -0.3 is 9.30 Å². The fourth-order valence-electron chi connectivity index (χ4n) is 4.62. The number of halogens is 2. The van der Waals surface area contributed by atoms with Crippen molar-refractivity contribution in [2.24, 2.45) is 5.10 Å². The predicted molar refractivity (Wildman–Crippen MR) is 166 cm³/mol. The van der Waals surface area contributed by atoms with Crippen molar-refractivity contribution in [3.8, 4) is 11.4 Å². The molecule has 204 valence electrons. The van der Waals surface area contributed by atoms with Crippen molar-refractivity contribution < 1.29 is 4.74 Å². The van der Waals surface area contributed by atoms with Crippen molar-refractivity contribution >= 4 is 44.6 Å². The Kier molecular flexibility index (Phi) is 7.71. The SMILES string of the molecule is Cc1cc(C=Nn2c(C(C)(C)C)nc3ccc(Br)cc3c2=O)c(C)n1-c1ccc(OCc2ccc(Cl)cc2)cc1.